The lowest BCUT2D eigenvalue weighted by Crippen LogP contribution is -2.30. The summed E-state index contributed by atoms with van der Waals surface area (Å²) in [5.74, 6) is -0.0674. The van der Waals surface area contributed by atoms with Crippen LogP contribution in [0.15, 0.2) is 48.5 Å². The molecule has 1 amide bonds. The van der Waals surface area contributed by atoms with Gasteiger partial charge in [0.25, 0.3) is 5.91 Å². The van der Waals surface area contributed by atoms with Gasteiger partial charge in [-0.25, -0.2) is 0 Å². The second kappa shape index (κ2) is 9.08. The Labute approximate surface area is 151 Å². The number of anilines is 1. The third kappa shape index (κ3) is 6.12. The van der Waals surface area contributed by atoms with Gasteiger partial charge in [0.05, 0.1) is 7.11 Å². The molecule has 0 radical (unpaired) electrons. The molecule has 0 aliphatic heterocycles. The van der Waals surface area contributed by atoms with Crippen molar-refractivity contribution in [3.8, 4) is 5.75 Å². The van der Waals surface area contributed by atoms with Crippen LogP contribution in [0, 0.1) is 0 Å². The van der Waals surface area contributed by atoms with Crippen molar-refractivity contribution in [2.45, 2.75) is 25.9 Å². The monoisotopic (exact) mass is 361 g/mol. The number of hydrogen-bond acceptors (Lipinski definition) is 4. The second-order valence-corrected chi connectivity index (χ2v) is 5.92. The molecule has 0 saturated heterocycles. The fourth-order valence-corrected chi connectivity index (χ4v) is 2.35. The van der Waals surface area contributed by atoms with E-state index in [4.69, 9.17) is 21.1 Å². The molecule has 0 aliphatic rings. The molecule has 0 aliphatic carbocycles. The smallest absolute Gasteiger partial charge is 0.306 e. The van der Waals surface area contributed by atoms with Crippen LogP contribution in [0.1, 0.15) is 18.9 Å². The Balaban J connectivity index is 1.79. The molecule has 2 aromatic rings. The predicted molar refractivity (Wildman–Crippen MR) is 97.0 cm³/mol. The molecule has 5 nitrogen and oxygen atoms in total. The molecule has 132 valence electrons. The van der Waals surface area contributed by atoms with Crippen LogP contribution in [-0.4, -0.2) is 25.1 Å². The van der Waals surface area contributed by atoms with Gasteiger partial charge in [-0.15, -0.1) is 0 Å². The van der Waals surface area contributed by atoms with Crippen LogP contribution < -0.4 is 10.1 Å². The molecule has 1 N–H and O–H groups in total. The van der Waals surface area contributed by atoms with Crippen molar-refractivity contribution in [3.63, 3.8) is 0 Å². The molecule has 0 unspecified atom stereocenters. The number of aryl methyl sites for hydroxylation is 1. The maximum absolute atomic E-state index is 12.1. The van der Waals surface area contributed by atoms with E-state index in [1.807, 2.05) is 24.3 Å². The van der Waals surface area contributed by atoms with Gasteiger partial charge in [0, 0.05) is 17.1 Å². The lowest BCUT2D eigenvalue weighted by Gasteiger charge is -2.13. The van der Waals surface area contributed by atoms with Crippen molar-refractivity contribution >= 4 is 29.2 Å². The third-order valence-electron chi connectivity index (χ3n) is 3.55. The normalized spacial score (nSPS) is 11.5. The van der Waals surface area contributed by atoms with Crippen LogP contribution >= 0.6 is 11.6 Å². The quantitative estimate of drug-likeness (QED) is 0.761. The van der Waals surface area contributed by atoms with Gasteiger partial charge in [0.2, 0.25) is 0 Å². The van der Waals surface area contributed by atoms with E-state index in [2.05, 4.69) is 5.32 Å². The first-order chi connectivity index (χ1) is 12.0. The number of carbonyl (C=O) groups is 2. The largest absolute Gasteiger partial charge is 0.497 e. The van der Waals surface area contributed by atoms with Gasteiger partial charge in [-0.3, -0.25) is 9.59 Å². The van der Waals surface area contributed by atoms with Gasteiger partial charge in [0.15, 0.2) is 6.10 Å². The Hall–Kier alpha value is -2.53. The summed E-state index contributed by atoms with van der Waals surface area (Å²) in [6, 6.07) is 14.2. The Morgan fingerprint density at radius 2 is 1.88 bits per heavy atom. The van der Waals surface area contributed by atoms with Crippen LogP contribution in [0.3, 0.4) is 0 Å². The maximum atomic E-state index is 12.1. The van der Waals surface area contributed by atoms with E-state index in [1.165, 1.54) is 6.92 Å². The summed E-state index contributed by atoms with van der Waals surface area (Å²) in [6.45, 7) is 1.53. The number of methoxy groups -OCH3 is 1. The van der Waals surface area contributed by atoms with Crippen molar-refractivity contribution in [3.05, 3.63) is 59.1 Å². The summed E-state index contributed by atoms with van der Waals surface area (Å²) in [6.07, 6.45) is -0.158. The van der Waals surface area contributed by atoms with Gasteiger partial charge in [-0.1, -0.05) is 29.8 Å². The number of carbonyl (C=O) groups excluding carboxylic acids is 2. The van der Waals surface area contributed by atoms with E-state index in [-0.39, 0.29) is 6.42 Å². The van der Waals surface area contributed by atoms with E-state index in [0.717, 1.165) is 11.3 Å². The molecule has 0 bridgehead atoms. The number of benzene rings is 2. The molecule has 0 aromatic heterocycles. The SMILES string of the molecule is COc1ccc(CCC(=O)O[C@H](C)C(=O)Nc2cccc(Cl)c2)cc1. The Bertz CT molecular complexity index is 730. The number of ether oxygens (including phenoxy) is 2. The first kappa shape index (κ1) is 18.8. The molecule has 1 atom stereocenters. The Morgan fingerprint density at radius 3 is 2.52 bits per heavy atom. The number of amides is 1. The van der Waals surface area contributed by atoms with E-state index in [0.29, 0.717) is 17.1 Å². The highest BCUT2D eigenvalue weighted by Crippen LogP contribution is 2.16. The second-order valence-electron chi connectivity index (χ2n) is 5.48. The van der Waals surface area contributed by atoms with E-state index in [1.54, 1.807) is 31.4 Å². The summed E-state index contributed by atoms with van der Waals surface area (Å²) >= 11 is 5.87. The first-order valence-electron chi connectivity index (χ1n) is 7.87. The number of nitrogens with one attached hydrogen (secondary N) is 1. The van der Waals surface area contributed by atoms with Crippen molar-refractivity contribution in [1.29, 1.82) is 0 Å². The molecule has 0 saturated carbocycles. The molecule has 2 aromatic carbocycles. The minimum atomic E-state index is -0.887. The van der Waals surface area contributed by atoms with Crippen molar-refractivity contribution in [2.24, 2.45) is 0 Å². The average molecular weight is 362 g/mol. The molecule has 0 spiro atoms. The topological polar surface area (TPSA) is 64.6 Å². The fraction of sp³-hybridized carbons (Fsp3) is 0.263. The highest BCUT2D eigenvalue weighted by Gasteiger charge is 2.18. The van der Waals surface area contributed by atoms with Crippen LogP contribution in [0.5, 0.6) is 5.75 Å². The van der Waals surface area contributed by atoms with Gasteiger partial charge in [-0.05, 0) is 49.2 Å². The zero-order chi connectivity index (χ0) is 18.2. The lowest BCUT2D eigenvalue weighted by atomic mass is 10.1. The summed E-state index contributed by atoms with van der Waals surface area (Å²) in [5.41, 5.74) is 1.55. The zero-order valence-corrected chi connectivity index (χ0v) is 14.9. The van der Waals surface area contributed by atoms with Gasteiger partial charge < -0.3 is 14.8 Å². The summed E-state index contributed by atoms with van der Waals surface area (Å²) in [4.78, 5) is 24.0. The Kier molecular flexibility index (Phi) is 6.83. The van der Waals surface area contributed by atoms with Crippen LogP contribution in [0.2, 0.25) is 5.02 Å². The maximum Gasteiger partial charge on any atom is 0.306 e. The average Bonchev–Trinajstić information content (AvgIpc) is 2.60. The first-order valence-corrected chi connectivity index (χ1v) is 8.24. The molecule has 6 heteroatoms. The summed E-state index contributed by atoms with van der Waals surface area (Å²) < 4.78 is 10.3. The van der Waals surface area contributed by atoms with Gasteiger partial charge >= 0.3 is 5.97 Å². The van der Waals surface area contributed by atoms with Gasteiger partial charge in [0.1, 0.15) is 5.75 Å². The molecule has 2 rings (SSSR count). The van der Waals surface area contributed by atoms with Crippen molar-refractivity contribution in [1.82, 2.24) is 0 Å². The number of rotatable bonds is 7. The number of esters is 1. The minimum absolute atomic E-state index is 0.196. The Morgan fingerprint density at radius 1 is 1.16 bits per heavy atom. The standard InChI is InChI=1S/C19H20ClNO4/c1-13(19(23)21-16-5-3-4-15(20)12-16)25-18(22)11-8-14-6-9-17(24-2)10-7-14/h3-7,9-10,12-13H,8,11H2,1-2H3,(H,21,23)/t13-/m1/s1. The van der Waals surface area contributed by atoms with E-state index < -0.39 is 18.0 Å². The highest BCUT2D eigenvalue weighted by atomic mass is 35.5. The minimum Gasteiger partial charge on any atom is -0.497 e. The van der Waals surface area contributed by atoms with Crippen LogP contribution in [0.25, 0.3) is 0 Å². The predicted octanol–water partition coefficient (Wildman–Crippen LogP) is 3.85. The van der Waals surface area contributed by atoms with Gasteiger partial charge in [-0.2, -0.15) is 0 Å². The number of halogens is 1. The highest BCUT2D eigenvalue weighted by molar-refractivity contribution is 6.30. The fourth-order valence-electron chi connectivity index (χ4n) is 2.16. The third-order valence-corrected chi connectivity index (χ3v) is 3.78. The summed E-state index contributed by atoms with van der Waals surface area (Å²) in [7, 11) is 1.60. The molecule has 0 heterocycles. The van der Waals surface area contributed by atoms with Crippen LogP contribution in [0.4, 0.5) is 5.69 Å². The number of hydrogen-bond donors (Lipinski definition) is 1. The lowest BCUT2D eigenvalue weighted by molar-refractivity contribution is -0.153. The molecular formula is C19H20ClNO4. The zero-order valence-electron chi connectivity index (χ0n) is 14.1. The molecule has 0 fully saturated rings. The summed E-state index contributed by atoms with van der Waals surface area (Å²) in [5, 5.41) is 3.18. The van der Waals surface area contributed by atoms with Crippen LogP contribution in [-0.2, 0) is 20.7 Å². The molecule has 25 heavy (non-hydrogen) atoms. The van der Waals surface area contributed by atoms with E-state index in [9.17, 15) is 9.59 Å². The van der Waals surface area contributed by atoms with Crippen molar-refractivity contribution < 1.29 is 19.1 Å². The molecular weight excluding hydrogens is 342 g/mol. The van der Waals surface area contributed by atoms with E-state index >= 15 is 0 Å². The van der Waals surface area contributed by atoms with Crippen molar-refractivity contribution in [2.75, 3.05) is 12.4 Å².